The Morgan fingerprint density at radius 1 is 1.21 bits per heavy atom. The molecule has 5 nitrogen and oxygen atoms in total. The molecule has 1 aliphatic heterocycles. The van der Waals surface area contributed by atoms with E-state index >= 15 is 0 Å². The van der Waals surface area contributed by atoms with E-state index in [-0.39, 0.29) is 12.5 Å². The number of piperidine rings is 1. The molecule has 1 atom stereocenters. The molecule has 1 fully saturated rings. The van der Waals surface area contributed by atoms with Crippen LogP contribution in [0.2, 0.25) is 0 Å². The van der Waals surface area contributed by atoms with Crippen molar-refractivity contribution >= 4 is 44.2 Å². The highest BCUT2D eigenvalue weighted by atomic mass is 79.9. The third kappa shape index (κ3) is 4.88. The summed E-state index contributed by atoms with van der Waals surface area (Å²) in [6.45, 7) is 4.27. The first kappa shape index (κ1) is 19.7. The number of fused-ring (bicyclic) bond motifs is 1. The van der Waals surface area contributed by atoms with Crippen LogP contribution in [0.15, 0.2) is 59.1 Å². The number of aromatic nitrogens is 1. The van der Waals surface area contributed by atoms with Crippen LogP contribution in [0.25, 0.3) is 10.9 Å². The summed E-state index contributed by atoms with van der Waals surface area (Å²) < 4.78 is 6.80. The number of halogens is 1. The molecular formula is C23H24BrN3O2. The number of hydrogen-bond acceptors (Lipinski definition) is 4. The van der Waals surface area contributed by atoms with Crippen LogP contribution < -0.4 is 15.0 Å². The highest BCUT2D eigenvalue weighted by Crippen LogP contribution is 2.28. The zero-order valence-electron chi connectivity index (χ0n) is 16.4. The van der Waals surface area contributed by atoms with Crippen molar-refractivity contribution in [3.63, 3.8) is 0 Å². The summed E-state index contributed by atoms with van der Waals surface area (Å²) >= 11 is 3.39. The number of anilines is 2. The van der Waals surface area contributed by atoms with Gasteiger partial charge in [0.25, 0.3) is 5.91 Å². The summed E-state index contributed by atoms with van der Waals surface area (Å²) in [6, 6.07) is 17.4. The van der Waals surface area contributed by atoms with Gasteiger partial charge in [-0.3, -0.25) is 4.79 Å². The molecule has 3 aromatic rings. The van der Waals surface area contributed by atoms with Gasteiger partial charge in [-0.2, -0.15) is 0 Å². The summed E-state index contributed by atoms with van der Waals surface area (Å²) in [7, 11) is 0. The van der Waals surface area contributed by atoms with Crippen LogP contribution in [-0.2, 0) is 4.79 Å². The van der Waals surface area contributed by atoms with Gasteiger partial charge in [-0.05, 0) is 61.2 Å². The number of nitrogens with one attached hydrogen (secondary N) is 1. The molecule has 1 N–H and O–H groups in total. The van der Waals surface area contributed by atoms with Crippen molar-refractivity contribution in [2.24, 2.45) is 5.92 Å². The summed E-state index contributed by atoms with van der Waals surface area (Å²) in [5.41, 5.74) is 1.53. The van der Waals surface area contributed by atoms with E-state index in [1.807, 2.05) is 42.5 Å². The van der Waals surface area contributed by atoms with Crippen molar-refractivity contribution in [1.82, 2.24) is 4.98 Å². The van der Waals surface area contributed by atoms with Gasteiger partial charge in [0, 0.05) is 28.6 Å². The largest absolute Gasteiger partial charge is 0.481 e. The number of carbonyl (C=O) groups is 1. The minimum Gasteiger partial charge on any atom is -0.481 e. The van der Waals surface area contributed by atoms with Crippen LogP contribution >= 0.6 is 15.9 Å². The molecule has 0 spiro atoms. The summed E-state index contributed by atoms with van der Waals surface area (Å²) in [6.07, 6.45) is 2.46. The highest BCUT2D eigenvalue weighted by molar-refractivity contribution is 9.10. The molecule has 150 valence electrons. The fourth-order valence-corrected chi connectivity index (χ4v) is 3.94. The molecule has 2 aromatic carbocycles. The quantitative estimate of drug-likeness (QED) is 0.572. The zero-order valence-corrected chi connectivity index (χ0v) is 18.0. The third-order valence-corrected chi connectivity index (χ3v) is 5.66. The van der Waals surface area contributed by atoms with Crippen molar-refractivity contribution in [2.75, 3.05) is 29.9 Å². The van der Waals surface area contributed by atoms with Crippen LogP contribution in [0.3, 0.4) is 0 Å². The van der Waals surface area contributed by atoms with Crippen LogP contribution in [0, 0.1) is 5.92 Å². The Morgan fingerprint density at radius 2 is 2.03 bits per heavy atom. The lowest BCUT2D eigenvalue weighted by Crippen LogP contribution is -2.34. The minimum atomic E-state index is -0.203. The first-order valence-electron chi connectivity index (χ1n) is 9.91. The van der Waals surface area contributed by atoms with Crippen molar-refractivity contribution in [1.29, 1.82) is 0 Å². The van der Waals surface area contributed by atoms with E-state index in [4.69, 9.17) is 9.72 Å². The average molecular weight is 454 g/mol. The van der Waals surface area contributed by atoms with Gasteiger partial charge in [0.05, 0.1) is 0 Å². The van der Waals surface area contributed by atoms with Crippen LogP contribution in [-0.4, -0.2) is 30.6 Å². The smallest absolute Gasteiger partial charge is 0.262 e. The lowest BCUT2D eigenvalue weighted by molar-refractivity contribution is -0.118. The predicted octanol–water partition coefficient (Wildman–Crippen LogP) is 5.25. The lowest BCUT2D eigenvalue weighted by Gasteiger charge is -2.32. The van der Waals surface area contributed by atoms with Crippen molar-refractivity contribution in [3.05, 3.63) is 59.1 Å². The monoisotopic (exact) mass is 453 g/mol. The van der Waals surface area contributed by atoms with E-state index in [2.05, 4.69) is 45.2 Å². The number of hydrogen-bond donors (Lipinski definition) is 1. The first-order chi connectivity index (χ1) is 14.1. The van der Waals surface area contributed by atoms with Crippen molar-refractivity contribution in [2.45, 2.75) is 19.8 Å². The van der Waals surface area contributed by atoms with Crippen molar-refractivity contribution < 1.29 is 9.53 Å². The number of pyridine rings is 1. The number of para-hydroxylation sites is 1. The number of rotatable bonds is 5. The maximum Gasteiger partial charge on any atom is 0.262 e. The van der Waals surface area contributed by atoms with Gasteiger partial charge in [-0.1, -0.05) is 35.0 Å². The summed E-state index contributed by atoms with van der Waals surface area (Å²) in [5, 5.41) is 3.85. The van der Waals surface area contributed by atoms with E-state index < -0.39 is 0 Å². The molecule has 0 aliphatic carbocycles. The lowest BCUT2D eigenvalue weighted by atomic mass is 10.0. The average Bonchev–Trinajstić information content (AvgIpc) is 2.73. The topological polar surface area (TPSA) is 54.5 Å². The third-order valence-electron chi connectivity index (χ3n) is 5.14. The van der Waals surface area contributed by atoms with E-state index in [1.165, 1.54) is 12.8 Å². The highest BCUT2D eigenvalue weighted by Gasteiger charge is 2.18. The van der Waals surface area contributed by atoms with Gasteiger partial charge in [-0.15, -0.1) is 0 Å². The molecule has 6 heteroatoms. The van der Waals surface area contributed by atoms with Crippen LogP contribution in [0.4, 0.5) is 11.5 Å². The Morgan fingerprint density at radius 3 is 2.83 bits per heavy atom. The molecule has 1 aromatic heterocycles. The second kappa shape index (κ2) is 8.82. The Balaban J connectivity index is 1.48. The Bertz CT molecular complexity index is 1010. The molecule has 29 heavy (non-hydrogen) atoms. The van der Waals surface area contributed by atoms with Gasteiger partial charge in [0.15, 0.2) is 6.61 Å². The molecule has 1 aliphatic rings. The Kier molecular flexibility index (Phi) is 6.00. The number of nitrogens with zero attached hydrogens (tertiary/aromatic N) is 2. The molecule has 2 heterocycles. The first-order valence-corrected chi connectivity index (χ1v) is 10.7. The Hall–Kier alpha value is -2.60. The fourth-order valence-electron chi connectivity index (χ4n) is 3.67. The number of carbonyl (C=O) groups excluding carboxylic acids is 1. The second-order valence-corrected chi connectivity index (χ2v) is 8.45. The molecule has 0 unspecified atom stereocenters. The summed E-state index contributed by atoms with van der Waals surface area (Å²) in [5.74, 6) is 2.07. The second-order valence-electron chi connectivity index (χ2n) is 7.53. The zero-order chi connectivity index (χ0) is 20.2. The van der Waals surface area contributed by atoms with Crippen LogP contribution in [0.1, 0.15) is 19.8 Å². The number of amides is 1. The van der Waals surface area contributed by atoms with Gasteiger partial charge in [-0.25, -0.2) is 4.98 Å². The van der Waals surface area contributed by atoms with Crippen molar-refractivity contribution in [3.8, 4) is 5.75 Å². The number of ether oxygens (including phenoxy) is 1. The molecular weight excluding hydrogens is 430 g/mol. The minimum absolute atomic E-state index is 0.0676. The standard InChI is InChI=1S/C23H24BrN3O2/c1-16-4-3-13-27(14-16)21-12-7-17-5-2-6-20(23(17)26-21)29-15-22(28)25-19-10-8-18(24)9-11-19/h2,5-12,16H,3-4,13-15H2,1H3,(H,25,28)/t16-/m1/s1. The predicted molar refractivity (Wildman–Crippen MR) is 121 cm³/mol. The van der Waals surface area contributed by atoms with Gasteiger partial charge in [0.2, 0.25) is 0 Å². The maximum absolute atomic E-state index is 12.3. The van der Waals surface area contributed by atoms with E-state index in [0.717, 1.165) is 40.0 Å². The van der Waals surface area contributed by atoms with Gasteiger partial charge >= 0.3 is 0 Å². The van der Waals surface area contributed by atoms with E-state index in [9.17, 15) is 4.79 Å². The Labute approximate surface area is 179 Å². The van der Waals surface area contributed by atoms with Gasteiger partial charge in [0.1, 0.15) is 17.1 Å². The summed E-state index contributed by atoms with van der Waals surface area (Å²) in [4.78, 5) is 19.5. The fraction of sp³-hybridized carbons (Fsp3) is 0.304. The van der Waals surface area contributed by atoms with E-state index in [0.29, 0.717) is 11.7 Å². The van der Waals surface area contributed by atoms with E-state index in [1.54, 1.807) is 0 Å². The molecule has 1 saturated heterocycles. The van der Waals surface area contributed by atoms with Crippen LogP contribution in [0.5, 0.6) is 5.75 Å². The SMILES string of the molecule is C[C@@H]1CCCN(c2ccc3cccc(OCC(=O)Nc4ccc(Br)cc4)c3n2)C1. The molecule has 1 amide bonds. The molecule has 0 radical (unpaired) electrons. The molecule has 0 saturated carbocycles. The maximum atomic E-state index is 12.3. The van der Waals surface area contributed by atoms with Gasteiger partial charge < -0.3 is 15.0 Å². The molecule has 0 bridgehead atoms. The number of benzene rings is 2. The molecule has 4 rings (SSSR count). The normalized spacial score (nSPS) is 16.6.